The molecule has 0 saturated carbocycles. The third-order valence-electron chi connectivity index (χ3n) is 8.25. The fourth-order valence-electron chi connectivity index (χ4n) is 5.22. The molecule has 6 rings (SSSR count). The number of rotatable bonds is 13. The summed E-state index contributed by atoms with van der Waals surface area (Å²) in [7, 11) is 0. The van der Waals surface area contributed by atoms with E-state index in [0.717, 1.165) is 48.5 Å². The summed E-state index contributed by atoms with van der Waals surface area (Å²) in [6.45, 7) is 5.50. The zero-order valence-electron chi connectivity index (χ0n) is 27.6. The molecule has 0 saturated heterocycles. The van der Waals surface area contributed by atoms with E-state index in [-0.39, 0.29) is 0 Å². The average molecular weight is 629 g/mol. The maximum Gasteiger partial charge on any atom is 0.0886 e. The van der Waals surface area contributed by atoms with Gasteiger partial charge in [-0.2, -0.15) is 0 Å². The van der Waals surface area contributed by atoms with E-state index in [1.54, 1.807) is 0 Å². The lowest BCUT2D eigenvalue weighted by atomic mass is 10.1. The molecule has 48 heavy (non-hydrogen) atoms. The van der Waals surface area contributed by atoms with Gasteiger partial charge < -0.3 is 0 Å². The number of pyridine rings is 4. The number of aliphatic imine (C=N–C) groups is 2. The lowest BCUT2D eigenvalue weighted by Gasteiger charge is -2.06. The molecule has 4 aromatic heterocycles. The van der Waals surface area contributed by atoms with E-state index < -0.39 is 0 Å². The van der Waals surface area contributed by atoms with Gasteiger partial charge in [0.15, 0.2) is 0 Å². The molecule has 0 aliphatic heterocycles. The molecule has 4 heterocycles. The Morgan fingerprint density at radius 3 is 1.04 bits per heavy atom. The molecule has 0 aliphatic carbocycles. The van der Waals surface area contributed by atoms with Crippen molar-refractivity contribution in [3.63, 3.8) is 0 Å². The molecule has 0 amide bonds. The molecule has 0 aliphatic rings. The highest BCUT2D eigenvalue weighted by molar-refractivity contribution is 5.77. The first-order chi connectivity index (χ1) is 23.6. The zero-order valence-corrected chi connectivity index (χ0v) is 27.6. The highest BCUT2D eigenvalue weighted by Gasteiger charge is 2.05. The van der Waals surface area contributed by atoms with Crippen LogP contribution in [0.1, 0.15) is 55.9 Å². The molecule has 0 radical (unpaired) electrons. The topological polar surface area (TPSA) is 76.3 Å². The molecule has 6 heteroatoms. The predicted molar refractivity (Wildman–Crippen MR) is 196 cm³/mol. The van der Waals surface area contributed by atoms with Crippen molar-refractivity contribution in [3.05, 3.63) is 178 Å². The van der Waals surface area contributed by atoms with Crippen molar-refractivity contribution in [2.45, 2.75) is 52.6 Å². The maximum atomic E-state index is 4.70. The fraction of sp³-hybridized carbons (Fsp3) is 0.190. The summed E-state index contributed by atoms with van der Waals surface area (Å²) in [4.78, 5) is 27.6. The quantitative estimate of drug-likeness (QED) is 0.120. The van der Waals surface area contributed by atoms with Crippen LogP contribution in [0.5, 0.6) is 0 Å². The van der Waals surface area contributed by atoms with Crippen LogP contribution in [0.25, 0.3) is 11.4 Å². The van der Waals surface area contributed by atoms with Gasteiger partial charge in [0.05, 0.1) is 35.9 Å². The summed E-state index contributed by atoms with van der Waals surface area (Å²) >= 11 is 0. The van der Waals surface area contributed by atoms with E-state index in [1.165, 1.54) is 44.5 Å². The molecule has 0 N–H and O–H groups in total. The van der Waals surface area contributed by atoms with Gasteiger partial charge in [-0.25, -0.2) is 0 Å². The van der Waals surface area contributed by atoms with Gasteiger partial charge in [0.1, 0.15) is 0 Å². The minimum atomic E-state index is 0.659. The van der Waals surface area contributed by atoms with Gasteiger partial charge in [-0.3, -0.25) is 29.9 Å². The number of hydrogen-bond donors (Lipinski definition) is 0. The summed E-state index contributed by atoms with van der Waals surface area (Å²) in [6, 6.07) is 33.6. The summed E-state index contributed by atoms with van der Waals surface area (Å²) in [6.07, 6.45) is 15.1. The fourth-order valence-corrected chi connectivity index (χ4v) is 5.22. The Bertz CT molecular complexity index is 1780. The Balaban J connectivity index is 0.931. The molecule has 6 aromatic rings. The molecule has 0 unspecified atom stereocenters. The lowest BCUT2D eigenvalue weighted by Crippen LogP contribution is -1.97. The Morgan fingerprint density at radius 2 is 0.729 bits per heavy atom. The van der Waals surface area contributed by atoms with Gasteiger partial charge in [-0.15, -0.1) is 0 Å². The third-order valence-corrected chi connectivity index (χ3v) is 8.25. The molecule has 0 spiro atoms. The first kappa shape index (κ1) is 32.3. The predicted octanol–water partition coefficient (Wildman–Crippen LogP) is 8.36. The van der Waals surface area contributed by atoms with E-state index >= 15 is 0 Å². The smallest absolute Gasteiger partial charge is 0.0886 e. The Labute approximate surface area is 283 Å². The van der Waals surface area contributed by atoms with Crippen LogP contribution in [0, 0.1) is 13.8 Å². The van der Waals surface area contributed by atoms with Gasteiger partial charge in [0.25, 0.3) is 0 Å². The standard InChI is InChI=1S/C42H40N6/c1-31-3-7-33(8-4-31)23-43-29-39-19-15-35(25-45-39)11-13-37-17-21-41(47-27-37)42-22-18-38(28-48-42)14-12-36-16-20-40(46-26-36)30-44-24-34-9-5-32(2)6-10-34/h3-10,15-22,25-30H,11-14,23-24H2,1-2H3. The number of nitrogens with zero attached hydrogens (tertiary/aromatic N) is 6. The molecular formula is C42H40N6. The lowest BCUT2D eigenvalue weighted by molar-refractivity contribution is 0.936. The highest BCUT2D eigenvalue weighted by atomic mass is 14.8. The zero-order chi connectivity index (χ0) is 33.0. The minimum Gasteiger partial charge on any atom is -0.286 e. The van der Waals surface area contributed by atoms with Gasteiger partial charge in [0.2, 0.25) is 0 Å². The summed E-state index contributed by atoms with van der Waals surface area (Å²) in [5, 5.41) is 0. The van der Waals surface area contributed by atoms with Gasteiger partial charge in [0, 0.05) is 37.2 Å². The molecule has 0 bridgehead atoms. The van der Waals surface area contributed by atoms with Crippen LogP contribution in [-0.4, -0.2) is 32.4 Å². The van der Waals surface area contributed by atoms with Crippen molar-refractivity contribution >= 4 is 12.4 Å². The minimum absolute atomic E-state index is 0.659. The van der Waals surface area contributed by atoms with Crippen LogP contribution in [0.15, 0.2) is 132 Å². The number of benzene rings is 2. The van der Waals surface area contributed by atoms with Gasteiger partial charge in [-0.05, 0) is 97.2 Å². The number of aromatic nitrogens is 4. The van der Waals surface area contributed by atoms with Crippen LogP contribution in [0.2, 0.25) is 0 Å². The van der Waals surface area contributed by atoms with Crippen molar-refractivity contribution in [2.24, 2.45) is 9.98 Å². The van der Waals surface area contributed by atoms with Crippen LogP contribution >= 0.6 is 0 Å². The van der Waals surface area contributed by atoms with Crippen molar-refractivity contribution in [1.82, 2.24) is 19.9 Å². The van der Waals surface area contributed by atoms with Crippen LogP contribution in [-0.2, 0) is 38.8 Å². The van der Waals surface area contributed by atoms with Gasteiger partial charge >= 0.3 is 0 Å². The molecule has 0 atom stereocenters. The van der Waals surface area contributed by atoms with Crippen LogP contribution in [0.3, 0.4) is 0 Å². The third kappa shape index (κ3) is 9.69. The first-order valence-electron chi connectivity index (χ1n) is 16.5. The molecule has 2 aromatic carbocycles. The monoisotopic (exact) mass is 628 g/mol. The Morgan fingerprint density at radius 1 is 0.396 bits per heavy atom. The summed E-state index contributed by atoms with van der Waals surface area (Å²) in [5.41, 5.74) is 13.2. The Kier molecular flexibility index (Phi) is 11.0. The maximum absolute atomic E-state index is 4.70. The number of aryl methyl sites for hydroxylation is 6. The molecular weight excluding hydrogens is 589 g/mol. The Hall–Kier alpha value is -5.62. The van der Waals surface area contributed by atoms with Gasteiger partial charge in [-0.1, -0.05) is 83.9 Å². The van der Waals surface area contributed by atoms with E-state index in [4.69, 9.17) is 9.97 Å². The highest BCUT2D eigenvalue weighted by Crippen LogP contribution is 2.17. The molecule has 6 nitrogen and oxygen atoms in total. The van der Waals surface area contributed by atoms with Crippen molar-refractivity contribution < 1.29 is 0 Å². The van der Waals surface area contributed by atoms with E-state index in [2.05, 4.69) is 119 Å². The second-order valence-corrected chi connectivity index (χ2v) is 12.2. The second-order valence-electron chi connectivity index (χ2n) is 12.2. The van der Waals surface area contributed by atoms with Crippen LogP contribution < -0.4 is 0 Å². The number of hydrogen-bond acceptors (Lipinski definition) is 6. The largest absolute Gasteiger partial charge is 0.286 e. The first-order valence-corrected chi connectivity index (χ1v) is 16.5. The van der Waals surface area contributed by atoms with E-state index in [1.807, 2.05) is 49.3 Å². The SMILES string of the molecule is Cc1ccc(CN=Cc2ccc(CCc3ccc(-c4ccc(CCc5ccc(C=NCc6ccc(C)cc6)nc5)cn4)nc3)cn2)cc1. The molecule has 0 fully saturated rings. The average Bonchev–Trinajstić information content (AvgIpc) is 3.13. The van der Waals surface area contributed by atoms with E-state index in [9.17, 15) is 0 Å². The van der Waals surface area contributed by atoms with E-state index in [0.29, 0.717) is 13.1 Å². The summed E-state index contributed by atoms with van der Waals surface area (Å²) < 4.78 is 0. The normalized spacial score (nSPS) is 11.5. The van der Waals surface area contributed by atoms with Crippen molar-refractivity contribution in [3.8, 4) is 11.4 Å². The van der Waals surface area contributed by atoms with Crippen molar-refractivity contribution in [1.29, 1.82) is 0 Å². The van der Waals surface area contributed by atoms with Crippen LogP contribution in [0.4, 0.5) is 0 Å². The second kappa shape index (κ2) is 16.3. The molecule has 238 valence electrons. The summed E-state index contributed by atoms with van der Waals surface area (Å²) in [5.74, 6) is 0. The van der Waals surface area contributed by atoms with Crippen molar-refractivity contribution in [2.75, 3.05) is 0 Å².